The van der Waals surface area contributed by atoms with E-state index in [0.29, 0.717) is 22.8 Å². The molecule has 29 heavy (non-hydrogen) atoms. The zero-order chi connectivity index (χ0) is 20.9. The van der Waals surface area contributed by atoms with E-state index in [-0.39, 0.29) is 17.3 Å². The summed E-state index contributed by atoms with van der Waals surface area (Å²) in [7, 11) is -3.67. The molecule has 0 saturated carbocycles. The van der Waals surface area contributed by atoms with Crippen LogP contribution in [-0.2, 0) is 16.6 Å². The molecule has 3 rings (SSSR count). The van der Waals surface area contributed by atoms with Crippen molar-refractivity contribution in [1.29, 1.82) is 0 Å². The average molecular weight is 429 g/mol. The highest BCUT2D eigenvalue weighted by Crippen LogP contribution is 2.23. The van der Waals surface area contributed by atoms with Crippen molar-refractivity contribution in [2.75, 3.05) is 10.8 Å². The van der Waals surface area contributed by atoms with Crippen LogP contribution in [0.1, 0.15) is 22.8 Å². The Kier molecular flexibility index (Phi) is 6.56. The molecule has 3 aromatic rings. The Hall–Kier alpha value is -2.83. The largest absolute Gasteiger partial charge is 0.348 e. The number of hydrogen-bond donors (Lipinski definition) is 1. The van der Waals surface area contributed by atoms with Crippen molar-refractivity contribution in [1.82, 2.24) is 5.32 Å². The number of benzene rings is 3. The van der Waals surface area contributed by atoms with Crippen molar-refractivity contribution < 1.29 is 13.2 Å². The number of anilines is 1. The predicted octanol–water partition coefficient (Wildman–Crippen LogP) is 4.49. The van der Waals surface area contributed by atoms with Gasteiger partial charge < -0.3 is 5.32 Å². The fraction of sp³-hybridized carbons (Fsp3) is 0.136. The fourth-order valence-corrected chi connectivity index (χ4v) is 4.50. The lowest BCUT2D eigenvalue weighted by Gasteiger charge is -2.23. The minimum atomic E-state index is -3.67. The van der Waals surface area contributed by atoms with Crippen LogP contribution in [0.3, 0.4) is 0 Å². The van der Waals surface area contributed by atoms with Crippen LogP contribution in [0, 0.1) is 0 Å². The quantitative estimate of drug-likeness (QED) is 0.603. The van der Waals surface area contributed by atoms with Crippen LogP contribution in [0.25, 0.3) is 0 Å². The first-order valence-electron chi connectivity index (χ1n) is 9.12. The molecule has 0 unspecified atom stereocenters. The Morgan fingerprint density at radius 2 is 1.55 bits per heavy atom. The Morgan fingerprint density at radius 3 is 2.14 bits per heavy atom. The first kappa shape index (κ1) is 20.9. The summed E-state index contributed by atoms with van der Waals surface area (Å²) in [6.07, 6.45) is 0. The van der Waals surface area contributed by atoms with E-state index in [1.54, 1.807) is 73.7 Å². The molecule has 0 bridgehead atoms. The van der Waals surface area contributed by atoms with Gasteiger partial charge in [-0.3, -0.25) is 9.10 Å². The van der Waals surface area contributed by atoms with Gasteiger partial charge in [-0.1, -0.05) is 41.9 Å². The van der Waals surface area contributed by atoms with Crippen molar-refractivity contribution in [2.24, 2.45) is 0 Å². The Balaban J connectivity index is 1.72. The number of carbonyl (C=O) groups is 1. The van der Waals surface area contributed by atoms with E-state index in [0.717, 1.165) is 5.56 Å². The minimum Gasteiger partial charge on any atom is -0.348 e. The summed E-state index contributed by atoms with van der Waals surface area (Å²) in [4.78, 5) is 12.6. The van der Waals surface area contributed by atoms with Crippen LogP contribution in [0.5, 0.6) is 0 Å². The third kappa shape index (κ3) is 4.96. The maximum atomic E-state index is 12.9. The van der Waals surface area contributed by atoms with E-state index in [1.165, 1.54) is 4.31 Å². The molecule has 0 atom stereocenters. The number of nitrogens with zero attached hydrogens (tertiary/aromatic N) is 1. The number of nitrogens with one attached hydrogen (secondary N) is 1. The Morgan fingerprint density at radius 1 is 0.931 bits per heavy atom. The average Bonchev–Trinajstić information content (AvgIpc) is 2.74. The second kappa shape index (κ2) is 9.11. The molecule has 0 radical (unpaired) electrons. The summed E-state index contributed by atoms with van der Waals surface area (Å²) in [5.74, 6) is -0.236. The number of halogens is 1. The zero-order valence-corrected chi connectivity index (χ0v) is 17.5. The predicted molar refractivity (Wildman–Crippen MR) is 116 cm³/mol. The van der Waals surface area contributed by atoms with Gasteiger partial charge in [-0.25, -0.2) is 8.42 Å². The maximum Gasteiger partial charge on any atom is 0.264 e. The van der Waals surface area contributed by atoms with Gasteiger partial charge in [0.2, 0.25) is 0 Å². The van der Waals surface area contributed by atoms with E-state index in [1.807, 2.05) is 12.1 Å². The molecule has 1 N–H and O–H groups in total. The van der Waals surface area contributed by atoms with Crippen LogP contribution >= 0.6 is 11.6 Å². The molecule has 0 fully saturated rings. The molecule has 0 heterocycles. The van der Waals surface area contributed by atoms with Crippen LogP contribution in [0.2, 0.25) is 5.02 Å². The van der Waals surface area contributed by atoms with Crippen molar-refractivity contribution in [3.63, 3.8) is 0 Å². The molecule has 0 saturated heterocycles. The van der Waals surface area contributed by atoms with E-state index in [2.05, 4.69) is 5.32 Å². The number of amides is 1. The first-order chi connectivity index (χ1) is 13.9. The second-order valence-corrected chi connectivity index (χ2v) is 8.64. The molecule has 1 amide bonds. The molecule has 0 aromatic heterocycles. The van der Waals surface area contributed by atoms with E-state index < -0.39 is 10.0 Å². The van der Waals surface area contributed by atoms with Crippen molar-refractivity contribution >= 4 is 33.2 Å². The zero-order valence-electron chi connectivity index (χ0n) is 15.9. The smallest absolute Gasteiger partial charge is 0.264 e. The second-order valence-electron chi connectivity index (χ2n) is 6.34. The van der Waals surface area contributed by atoms with E-state index in [4.69, 9.17) is 11.6 Å². The van der Waals surface area contributed by atoms with Gasteiger partial charge in [0, 0.05) is 23.7 Å². The van der Waals surface area contributed by atoms with Gasteiger partial charge in [0.25, 0.3) is 15.9 Å². The van der Waals surface area contributed by atoms with Gasteiger partial charge in [-0.05, 0) is 61.0 Å². The van der Waals surface area contributed by atoms with Gasteiger partial charge in [0.15, 0.2) is 0 Å². The highest BCUT2D eigenvalue weighted by molar-refractivity contribution is 7.92. The van der Waals surface area contributed by atoms with E-state index in [9.17, 15) is 13.2 Å². The number of rotatable bonds is 7. The molecule has 3 aromatic carbocycles. The lowest BCUT2D eigenvalue weighted by molar-refractivity contribution is 0.0951. The molecule has 0 aliphatic carbocycles. The lowest BCUT2D eigenvalue weighted by Crippen LogP contribution is -2.30. The van der Waals surface area contributed by atoms with Crippen molar-refractivity contribution in [3.8, 4) is 0 Å². The van der Waals surface area contributed by atoms with Gasteiger partial charge in [0.1, 0.15) is 0 Å². The van der Waals surface area contributed by atoms with Crippen LogP contribution < -0.4 is 9.62 Å². The van der Waals surface area contributed by atoms with Crippen LogP contribution in [0.15, 0.2) is 83.8 Å². The van der Waals surface area contributed by atoms with Gasteiger partial charge >= 0.3 is 0 Å². The molecule has 7 heteroatoms. The van der Waals surface area contributed by atoms with Gasteiger partial charge in [-0.15, -0.1) is 0 Å². The van der Waals surface area contributed by atoms with Gasteiger partial charge in [0.05, 0.1) is 10.6 Å². The SMILES string of the molecule is CCN(c1ccc(C(=O)NCc2ccc(Cl)cc2)cc1)S(=O)(=O)c1ccccc1. The summed E-state index contributed by atoms with van der Waals surface area (Å²) in [6, 6.07) is 22.0. The standard InChI is InChI=1S/C22H21ClN2O3S/c1-2-25(29(27,28)21-6-4-3-5-7-21)20-14-10-18(11-15-20)22(26)24-16-17-8-12-19(23)13-9-17/h3-15H,2,16H2,1H3,(H,24,26). The Labute approximate surface area is 176 Å². The first-order valence-corrected chi connectivity index (χ1v) is 10.9. The van der Waals surface area contributed by atoms with Crippen molar-refractivity contribution in [3.05, 3.63) is 95.0 Å². The third-order valence-corrected chi connectivity index (χ3v) is 6.57. The number of carbonyl (C=O) groups excluding carboxylic acids is 1. The fourth-order valence-electron chi connectivity index (χ4n) is 2.88. The lowest BCUT2D eigenvalue weighted by atomic mass is 10.1. The Bertz CT molecular complexity index is 1070. The number of sulfonamides is 1. The summed E-state index contributed by atoms with van der Waals surface area (Å²) < 4.78 is 27.1. The van der Waals surface area contributed by atoms with Crippen molar-refractivity contribution in [2.45, 2.75) is 18.4 Å². The summed E-state index contributed by atoms with van der Waals surface area (Å²) in [6.45, 7) is 2.42. The highest BCUT2D eigenvalue weighted by atomic mass is 35.5. The molecule has 150 valence electrons. The molecular weight excluding hydrogens is 408 g/mol. The number of hydrogen-bond acceptors (Lipinski definition) is 3. The summed E-state index contributed by atoms with van der Waals surface area (Å²) in [5.41, 5.74) is 1.90. The molecule has 5 nitrogen and oxygen atoms in total. The highest BCUT2D eigenvalue weighted by Gasteiger charge is 2.23. The topological polar surface area (TPSA) is 66.5 Å². The van der Waals surface area contributed by atoms with Gasteiger partial charge in [-0.2, -0.15) is 0 Å². The van der Waals surface area contributed by atoms with E-state index >= 15 is 0 Å². The summed E-state index contributed by atoms with van der Waals surface area (Å²) in [5, 5.41) is 3.48. The normalized spacial score (nSPS) is 11.1. The molecule has 0 spiro atoms. The minimum absolute atomic E-state index is 0.228. The maximum absolute atomic E-state index is 12.9. The molecular formula is C22H21ClN2O3S. The third-order valence-electron chi connectivity index (χ3n) is 4.40. The molecule has 0 aliphatic heterocycles. The van der Waals surface area contributed by atoms with Crippen LogP contribution in [0.4, 0.5) is 5.69 Å². The molecule has 0 aliphatic rings. The summed E-state index contributed by atoms with van der Waals surface area (Å²) >= 11 is 5.86. The van der Waals surface area contributed by atoms with Crippen LogP contribution in [-0.4, -0.2) is 20.9 Å². The monoisotopic (exact) mass is 428 g/mol.